The highest BCUT2D eigenvalue weighted by Gasteiger charge is 2.33. The Bertz CT molecular complexity index is 859. The summed E-state index contributed by atoms with van der Waals surface area (Å²) in [5, 5.41) is 4.04. The Balaban J connectivity index is 1.46. The number of imidazole rings is 1. The van der Waals surface area contributed by atoms with Crippen molar-refractivity contribution in [3.05, 3.63) is 47.1 Å². The van der Waals surface area contributed by atoms with Crippen molar-refractivity contribution in [3.63, 3.8) is 0 Å². The Morgan fingerprint density at radius 2 is 2.20 bits per heavy atom. The van der Waals surface area contributed by atoms with Crippen molar-refractivity contribution < 1.29 is 9.32 Å². The number of carbonyl (C=O) groups excluding carboxylic acids is 1. The maximum absolute atomic E-state index is 12.8. The number of aromatic amines is 1. The van der Waals surface area contributed by atoms with E-state index < -0.39 is 0 Å². The van der Waals surface area contributed by atoms with E-state index in [2.05, 4.69) is 15.1 Å². The molecule has 6 nitrogen and oxygen atoms in total. The molecule has 0 bridgehead atoms. The number of aromatic nitrogens is 3. The second kappa shape index (κ2) is 6.35. The minimum Gasteiger partial charge on any atom is -0.361 e. The van der Waals surface area contributed by atoms with Crippen LogP contribution in [0.25, 0.3) is 11.0 Å². The molecule has 1 fully saturated rings. The number of nitrogens with one attached hydrogen (secondary N) is 1. The lowest BCUT2D eigenvalue weighted by Crippen LogP contribution is -2.31. The van der Waals surface area contributed by atoms with Gasteiger partial charge in [-0.1, -0.05) is 17.3 Å². The molecule has 1 aliphatic heterocycles. The Labute approximate surface area is 146 Å². The number of aryl methyl sites for hydroxylation is 3. The fourth-order valence-electron chi connectivity index (χ4n) is 3.82. The van der Waals surface area contributed by atoms with Crippen LogP contribution in [0.4, 0.5) is 0 Å². The molecule has 130 valence electrons. The van der Waals surface area contributed by atoms with Crippen LogP contribution in [0.5, 0.6) is 0 Å². The highest BCUT2D eigenvalue weighted by molar-refractivity contribution is 5.78. The van der Waals surface area contributed by atoms with E-state index in [-0.39, 0.29) is 11.9 Å². The van der Waals surface area contributed by atoms with Crippen LogP contribution in [-0.2, 0) is 11.2 Å². The summed E-state index contributed by atoms with van der Waals surface area (Å²) in [6.45, 7) is 4.67. The van der Waals surface area contributed by atoms with Crippen molar-refractivity contribution in [2.75, 3.05) is 6.54 Å². The maximum atomic E-state index is 12.8. The van der Waals surface area contributed by atoms with E-state index in [0.717, 1.165) is 53.3 Å². The lowest BCUT2D eigenvalue weighted by molar-refractivity contribution is -0.132. The van der Waals surface area contributed by atoms with E-state index in [0.29, 0.717) is 12.8 Å². The van der Waals surface area contributed by atoms with E-state index in [1.165, 1.54) is 0 Å². The van der Waals surface area contributed by atoms with Crippen LogP contribution in [0.1, 0.15) is 48.1 Å². The summed E-state index contributed by atoms with van der Waals surface area (Å²) in [4.78, 5) is 22.6. The molecular weight excluding hydrogens is 316 g/mol. The van der Waals surface area contributed by atoms with E-state index in [1.54, 1.807) is 0 Å². The van der Waals surface area contributed by atoms with Gasteiger partial charge in [0.25, 0.3) is 0 Å². The van der Waals surface area contributed by atoms with Gasteiger partial charge in [0.15, 0.2) is 0 Å². The first-order valence-electron chi connectivity index (χ1n) is 8.79. The fraction of sp³-hybridized carbons (Fsp3) is 0.421. The van der Waals surface area contributed by atoms with Crippen molar-refractivity contribution in [1.29, 1.82) is 0 Å². The lowest BCUT2D eigenvalue weighted by Gasteiger charge is -2.24. The molecule has 3 heterocycles. The summed E-state index contributed by atoms with van der Waals surface area (Å²) in [6, 6.07) is 8.02. The first-order valence-corrected chi connectivity index (χ1v) is 8.79. The van der Waals surface area contributed by atoms with E-state index in [1.807, 2.05) is 43.0 Å². The van der Waals surface area contributed by atoms with Crippen LogP contribution in [0.3, 0.4) is 0 Å². The second-order valence-electron chi connectivity index (χ2n) is 6.68. The molecule has 0 saturated carbocycles. The van der Waals surface area contributed by atoms with Crippen LogP contribution in [0.15, 0.2) is 28.8 Å². The number of hydrogen-bond acceptors (Lipinski definition) is 4. The molecular formula is C19H22N4O2. The summed E-state index contributed by atoms with van der Waals surface area (Å²) in [5.74, 6) is 1.85. The van der Waals surface area contributed by atoms with Crippen molar-refractivity contribution >= 4 is 16.9 Å². The normalized spacial score (nSPS) is 17.5. The predicted molar refractivity (Wildman–Crippen MR) is 94.1 cm³/mol. The number of carbonyl (C=O) groups is 1. The molecule has 25 heavy (non-hydrogen) atoms. The molecule has 6 heteroatoms. The molecule has 1 unspecified atom stereocenters. The lowest BCUT2D eigenvalue weighted by atomic mass is 10.0. The van der Waals surface area contributed by atoms with Gasteiger partial charge in [-0.3, -0.25) is 4.79 Å². The van der Waals surface area contributed by atoms with Crippen molar-refractivity contribution in [1.82, 2.24) is 20.0 Å². The second-order valence-corrected chi connectivity index (χ2v) is 6.68. The highest BCUT2D eigenvalue weighted by atomic mass is 16.5. The zero-order chi connectivity index (χ0) is 17.4. The smallest absolute Gasteiger partial charge is 0.223 e. The van der Waals surface area contributed by atoms with E-state index in [9.17, 15) is 4.79 Å². The summed E-state index contributed by atoms with van der Waals surface area (Å²) in [5.41, 5.74) is 3.92. The first kappa shape index (κ1) is 15.9. The number of benzene rings is 1. The first-order chi connectivity index (χ1) is 12.1. The number of hydrogen-bond donors (Lipinski definition) is 1. The van der Waals surface area contributed by atoms with E-state index in [4.69, 9.17) is 4.52 Å². The van der Waals surface area contributed by atoms with Gasteiger partial charge < -0.3 is 14.4 Å². The molecule has 1 N–H and O–H groups in total. The van der Waals surface area contributed by atoms with Crippen molar-refractivity contribution in [2.24, 2.45) is 0 Å². The highest BCUT2D eigenvalue weighted by Crippen LogP contribution is 2.35. The Morgan fingerprint density at radius 3 is 2.96 bits per heavy atom. The number of H-pyrrole nitrogens is 1. The molecule has 1 saturated heterocycles. The predicted octanol–water partition coefficient (Wildman–Crippen LogP) is 3.46. The molecule has 0 aliphatic carbocycles. The van der Waals surface area contributed by atoms with Crippen LogP contribution >= 0.6 is 0 Å². The van der Waals surface area contributed by atoms with Crippen molar-refractivity contribution in [2.45, 2.75) is 45.6 Å². The number of rotatable bonds is 4. The van der Waals surface area contributed by atoms with Gasteiger partial charge >= 0.3 is 0 Å². The molecule has 0 radical (unpaired) electrons. The number of nitrogens with zero attached hydrogens (tertiary/aromatic N) is 3. The number of para-hydroxylation sites is 2. The summed E-state index contributed by atoms with van der Waals surface area (Å²) in [6.07, 6.45) is 3.07. The van der Waals surface area contributed by atoms with Gasteiger partial charge in [0.2, 0.25) is 5.91 Å². The SMILES string of the molecule is Cc1noc(C)c1C1CCCN1C(=O)CCc1nc2ccccc2[nH]1. The fourth-order valence-corrected chi connectivity index (χ4v) is 3.82. The van der Waals surface area contributed by atoms with Crippen molar-refractivity contribution in [3.8, 4) is 0 Å². The molecule has 3 aromatic rings. The zero-order valence-electron chi connectivity index (χ0n) is 14.6. The van der Waals surface area contributed by atoms with Crippen LogP contribution in [0.2, 0.25) is 0 Å². The molecule has 0 spiro atoms. The minimum atomic E-state index is 0.0921. The topological polar surface area (TPSA) is 75.0 Å². The standard InChI is InChI=1S/C19H22N4O2/c1-12-19(13(2)25-22-12)16-8-5-11-23(16)18(24)10-9-17-20-14-6-3-4-7-15(14)21-17/h3-4,6-7,16H,5,8-11H2,1-2H3,(H,20,21). The third kappa shape index (κ3) is 2.92. The van der Waals surface area contributed by atoms with E-state index >= 15 is 0 Å². The van der Waals surface area contributed by atoms with Crippen LogP contribution in [-0.4, -0.2) is 32.5 Å². The monoisotopic (exact) mass is 338 g/mol. The molecule has 1 atom stereocenters. The van der Waals surface area contributed by atoms with Gasteiger partial charge in [-0.15, -0.1) is 0 Å². The largest absolute Gasteiger partial charge is 0.361 e. The number of likely N-dealkylation sites (tertiary alicyclic amines) is 1. The Morgan fingerprint density at radius 1 is 1.36 bits per heavy atom. The molecule has 4 rings (SSSR count). The Kier molecular flexibility index (Phi) is 4.03. The maximum Gasteiger partial charge on any atom is 0.223 e. The van der Waals surface area contributed by atoms with Crippen LogP contribution in [0, 0.1) is 13.8 Å². The average Bonchev–Trinajstić information content (AvgIpc) is 3.31. The molecule has 1 aliphatic rings. The number of amides is 1. The summed E-state index contributed by atoms with van der Waals surface area (Å²) < 4.78 is 5.30. The third-order valence-electron chi connectivity index (χ3n) is 5.01. The summed E-state index contributed by atoms with van der Waals surface area (Å²) >= 11 is 0. The summed E-state index contributed by atoms with van der Waals surface area (Å²) in [7, 11) is 0. The number of fused-ring (bicyclic) bond motifs is 1. The van der Waals surface area contributed by atoms with Gasteiger partial charge in [0.1, 0.15) is 11.6 Å². The molecule has 1 amide bonds. The minimum absolute atomic E-state index is 0.0921. The van der Waals surface area contributed by atoms with Gasteiger partial charge in [-0.2, -0.15) is 0 Å². The van der Waals surface area contributed by atoms with Gasteiger partial charge in [-0.05, 0) is 38.8 Å². The zero-order valence-corrected chi connectivity index (χ0v) is 14.6. The Hall–Kier alpha value is -2.63. The van der Waals surface area contributed by atoms with Gasteiger partial charge in [0, 0.05) is 24.9 Å². The van der Waals surface area contributed by atoms with Gasteiger partial charge in [0.05, 0.1) is 22.8 Å². The van der Waals surface area contributed by atoms with Gasteiger partial charge in [-0.25, -0.2) is 4.98 Å². The average molecular weight is 338 g/mol. The molecule has 1 aromatic carbocycles. The van der Waals surface area contributed by atoms with Crippen LogP contribution < -0.4 is 0 Å². The quantitative estimate of drug-likeness (QED) is 0.790. The third-order valence-corrected chi connectivity index (χ3v) is 5.01. The molecule has 2 aromatic heterocycles.